The van der Waals surface area contributed by atoms with Gasteiger partial charge in [-0.15, -0.1) is 0 Å². The maximum absolute atomic E-state index is 11.8. The summed E-state index contributed by atoms with van der Waals surface area (Å²) in [6.07, 6.45) is 1.46. The summed E-state index contributed by atoms with van der Waals surface area (Å²) >= 11 is 0. The van der Waals surface area contributed by atoms with Crippen LogP contribution in [0.15, 0.2) is 18.2 Å². The van der Waals surface area contributed by atoms with Gasteiger partial charge in [0.05, 0.1) is 4.92 Å². The number of amides is 1. The van der Waals surface area contributed by atoms with Crippen LogP contribution in [0, 0.1) is 10.1 Å². The van der Waals surface area contributed by atoms with Gasteiger partial charge in [0, 0.05) is 25.3 Å². The summed E-state index contributed by atoms with van der Waals surface area (Å²) in [5.41, 5.74) is -0.347. The van der Waals surface area contributed by atoms with Crippen molar-refractivity contribution in [3.63, 3.8) is 0 Å². The monoisotopic (exact) mass is 293 g/mol. The van der Waals surface area contributed by atoms with Crippen LogP contribution < -0.4 is 10.2 Å². The fourth-order valence-electron chi connectivity index (χ4n) is 2.55. The predicted octanol–water partition coefficient (Wildman–Crippen LogP) is 1.01. The third-order valence-corrected chi connectivity index (χ3v) is 3.54. The van der Waals surface area contributed by atoms with Crippen molar-refractivity contribution in [3.8, 4) is 0 Å². The zero-order chi connectivity index (χ0) is 15.6. The van der Waals surface area contributed by atoms with E-state index in [9.17, 15) is 19.7 Å². The molecule has 1 heterocycles. The lowest BCUT2D eigenvalue weighted by molar-refractivity contribution is -0.385. The highest BCUT2D eigenvalue weighted by atomic mass is 16.6. The van der Waals surface area contributed by atoms with E-state index in [1.165, 1.54) is 25.2 Å². The molecule has 1 aliphatic rings. The number of nitrogens with one attached hydrogen (secondary N) is 1. The van der Waals surface area contributed by atoms with Crippen LogP contribution >= 0.6 is 0 Å². The fraction of sp³-hybridized carbons (Fsp3) is 0.385. The van der Waals surface area contributed by atoms with Crippen molar-refractivity contribution in [1.29, 1.82) is 0 Å². The second kappa shape index (κ2) is 5.78. The SMILES string of the molecule is CNC(=O)C1CCCN1c1ccc(C(=O)O)c([N+](=O)[O-])c1. The average Bonchev–Trinajstić information content (AvgIpc) is 2.94. The molecule has 1 aliphatic heterocycles. The maximum Gasteiger partial charge on any atom is 0.342 e. The first kappa shape index (κ1) is 14.8. The molecule has 1 aromatic carbocycles. The Morgan fingerprint density at radius 1 is 1.48 bits per heavy atom. The molecule has 1 unspecified atom stereocenters. The second-order valence-electron chi connectivity index (χ2n) is 4.73. The number of nitro groups is 1. The number of benzene rings is 1. The Balaban J connectivity index is 2.40. The number of hydrogen-bond donors (Lipinski definition) is 2. The normalized spacial score (nSPS) is 17.6. The van der Waals surface area contributed by atoms with Crippen LogP contribution in [0.5, 0.6) is 0 Å². The van der Waals surface area contributed by atoms with E-state index in [4.69, 9.17) is 5.11 Å². The van der Waals surface area contributed by atoms with E-state index >= 15 is 0 Å². The van der Waals surface area contributed by atoms with Crippen molar-refractivity contribution >= 4 is 23.3 Å². The topological polar surface area (TPSA) is 113 Å². The van der Waals surface area contributed by atoms with Crippen LogP contribution in [0.2, 0.25) is 0 Å². The largest absolute Gasteiger partial charge is 0.477 e. The third kappa shape index (κ3) is 2.78. The predicted molar refractivity (Wildman–Crippen MR) is 74.5 cm³/mol. The van der Waals surface area contributed by atoms with Gasteiger partial charge in [-0.2, -0.15) is 0 Å². The van der Waals surface area contributed by atoms with Crippen molar-refractivity contribution in [2.45, 2.75) is 18.9 Å². The summed E-state index contributed by atoms with van der Waals surface area (Å²) in [5, 5.41) is 22.5. The molecule has 8 heteroatoms. The maximum atomic E-state index is 11.8. The molecular formula is C13H15N3O5. The van der Waals surface area contributed by atoms with E-state index in [1.807, 2.05) is 0 Å². The Kier molecular flexibility index (Phi) is 4.06. The number of nitro benzene ring substituents is 1. The highest BCUT2D eigenvalue weighted by molar-refractivity contribution is 5.93. The highest BCUT2D eigenvalue weighted by Gasteiger charge is 2.32. The smallest absolute Gasteiger partial charge is 0.342 e. The van der Waals surface area contributed by atoms with Crippen molar-refractivity contribution in [2.24, 2.45) is 0 Å². The first-order valence-electron chi connectivity index (χ1n) is 6.45. The van der Waals surface area contributed by atoms with E-state index in [2.05, 4.69) is 5.32 Å². The van der Waals surface area contributed by atoms with Gasteiger partial charge in [0.1, 0.15) is 11.6 Å². The summed E-state index contributed by atoms with van der Waals surface area (Å²) in [5.74, 6) is -1.50. The van der Waals surface area contributed by atoms with Crippen LogP contribution in [0.1, 0.15) is 23.2 Å². The second-order valence-corrected chi connectivity index (χ2v) is 4.73. The highest BCUT2D eigenvalue weighted by Crippen LogP contribution is 2.30. The van der Waals surface area contributed by atoms with Crippen molar-refractivity contribution in [1.82, 2.24) is 5.32 Å². The number of hydrogen-bond acceptors (Lipinski definition) is 5. The number of carbonyl (C=O) groups excluding carboxylic acids is 1. The Bertz CT molecular complexity index is 601. The first-order chi connectivity index (χ1) is 9.95. The standard InChI is InChI=1S/C13H15N3O5/c1-14-12(17)10-3-2-6-15(10)8-4-5-9(13(18)19)11(7-8)16(20)21/h4-5,7,10H,2-3,6H2,1H3,(H,14,17)(H,18,19). The van der Waals surface area contributed by atoms with Gasteiger partial charge in [0.15, 0.2) is 0 Å². The van der Waals surface area contributed by atoms with Crippen LogP contribution in [0.25, 0.3) is 0 Å². The van der Waals surface area contributed by atoms with Crippen LogP contribution in [-0.2, 0) is 4.79 Å². The number of anilines is 1. The fourth-order valence-corrected chi connectivity index (χ4v) is 2.55. The number of carbonyl (C=O) groups is 2. The van der Waals surface area contributed by atoms with Crippen LogP contribution in [0.4, 0.5) is 11.4 Å². The minimum absolute atomic E-state index is 0.155. The minimum Gasteiger partial charge on any atom is -0.477 e. The molecule has 0 aromatic heterocycles. The number of rotatable bonds is 4. The summed E-state index contributed by atoms with van der Waals surface area (Å²) in [7, 11) is 1.54. The zero-order valence-electron chi connectivity index (χ0n) is 11.4. The van der Waals surface area contributed by atoms with E-state index in [-0.39, 0.29) is 17.5 Å². The molecular weight excluding hydrogens is 278 g/mol. The van der Waals surface area contributed by atoms with Gasteiger partial charge >= 0.3 is 5.97 Å². The molecule has 1 aromatic rings. The number of nitrogens with zero attached hydrogens (tertiary/aromatic N) is 2. The lowest BCUT2D eigenvalue weighted by atomic mass is 10.1. The number of likely N-dealkylation sites (N-methyl/N-ethyl adjacent to an activating group) is 1. The van der Waals surface area contributed by atoms with Crippen molar-refractivity contribution in [3.05, 3.63) is 33.9 Å². The molecule has 2 N–H and O–H groups in total. The number of carboxylic acid groups (broad SMARTS) is 1. The summed E-state index contributed by atoms with van der Waals surface area (Å²) < 4.78 is 0. The van der Waals surface area contributed by atoms with E-state index in [0.29, 0.717) is 18.7 Å². The first-order valence-corrected chi connectivity index (χ1v) is 6.45. The Morgan fingerprint density at radius 2 is 2.19 bits per heavy atom. The lowest BCUT2D eigenvalue weighted by Gasteiger charge is -2.25. The molecule has 0 radical (unpaired) electrons. The molecule has 1 amide bonds. The van der Waals surface area contributed by atoms with Crippen LogP contribution in [0.3, 0.4) is 0 Å². The average molecular weight is 293 g/mol. The van der Waals surface area contributed by atoms with Crippen LogP contribution in [-0.4, -0.2) is 41.5 Å². The lowest BCUT2D eigenvalue weighted by Crippen LogP contribution is -2.42. The minimum atomic E-state index is -1.35. The zero-order valence-corrected chi connectivity index (χ0v) is 11.4. The molecule has 8 nitrogen and oxygen atoms in total. The van der Waals surface area contributed by atoms with E-state index in [1.54, 1.807) is 4.90 Å². The summed E-state index contributed by atoms with van der Waals surface area (Å²) in [6, 6.07) is 3.53. The van der Waals surface area contributed by atoms with E-state index in [0.717, 1.165) is 6.42 Å². The van der Waals surface area contributed by atoms with Gasteiger partial charge in [-0.25, -0.2) is 4.79 Å². The molecule has 0 bridgehead atoms. The molecule has 2 rings (SSSR count). The Labute approximate surface area is 120 Å². The number of carboxylic acids is 1. The molecule has 0 spiro atoms. The van der Waals surface area contributed by atoms with Crippen molar-refractivity contribution < 1.29 is 19.6 Å². The van der Waals surface area contributed by atoms with Gasteiger partial charge in [0.25, 0.3) is 5.69 Å². The van der Waals surface area contributed by atoms with Gasteiger partial charge in [-0.05, 0) is 25.0 Å². The molecule has 112 valence electrons. The molecule has 0 aliphatic carbocycles. The Morgan fingerprint density at radius 3 is 2.76 bits per heavy atom. The van der Waals surface area contributed by atoms with Gasteiger partial charge in [-0.3, -0.25) is 14.9 Å². The van der Waals surface area contributed by atoms with E-state index < -0.39 is 16.6 Å². The summed E-state index contributed by atoms with van der Waals surface area (Å²) in [6.45, 7) is 0.599. The van der Waals surface area contributed by atoms with Gasteiger partial charge in [0.2, 0.25) is 5.91 Å². The molecule has 1 atom stereocenters. The molecule has 21 heavy (non-hydrogen) atoms. The Hall–Kier alpha value is -2.64. The molecule has 1 saturated heterocycles. The molecule has 1 fully saturated rings. The van der Waals surface area contributed by atoms with Crippen molar-refractivity contribution in [2.75, 3.05) is 18.5 Å². The molecule has 0 saturated carbocycles. The quantitative estimate of drug-likeness (QED) is 0.632. The van der Waals surface area contributed by atoms with Gasteiger partial charge in [-0.1, -0.05) is 0 Å². The van der Waals surface area contributed by atoms with Gasteiger partial charge < -0.3 is 15.3 Å². The number of aromatic carboxylic acids is 1. The summed E-state index contributed by atoms with van der Waals surface area (Å²) in [4.78, 5) is 34.9. The third-order valence-electron chi connectivity index (χ3n) is 3.54.